The van der Waals surface area contributed by atoms with Crippen molar-refractivity contribution in [2.75, 3.05) is 0 Å². The van der Waals surface area contributed by atoms with Crippen LogP contribution in [0.15, 0.2) is 35.4 Å². The largest absolute Gasteiger partial charge is 0.375 e. The first-order chi connectivity index (χ1) is 15.1. The zero-order valence-electron chi connectivity index (χ0n) is 20.2. The highest BCUT2D eigenvalue weighted by Crippen LogP contribution is 2.51. The molecule has 2 aromatic rings. The summed E-state index contributed by atoms with van der Waals surface area (Å²) >= 11 is 0. The molecule has 3 rings (SSSR count). The molecule has 1 atom stereocenters. The molecule has 0 radical (unpaired) electrons. The lowest BCUT2D eigenvalue weighted by Crippen LogP contribution is -2.43. The maximum absolute atomic E-state index is 14.4. The minimum Gasteiger partial charge on any atom is -0.375 e. The molecule has 1 saturated carbocycles. The average Bonchev–Trinajstić information content (AvgIpc) is 2.61. The summed E-state index contributed by atoms with van der Waals surface area (Å²) in [5.41, 5.74) is 0.800. The molecule has 180 valence electrons. The Labute approximate surface area is 196 Å². The maximum atomic E-state index is 14.4. The van der Waals surface area contributed by atoms with Crippen molar-refractivity contribution in [2.45, 2.75) is 77.3 Å². The van der Waals surface area contributed by atoms with Crippen molar-refractivity contribution in [1.82, 2.24) is 9.71 Å². The number of sulfonamides is 1. The number of pyridine rings is 1. The van der Waals surface area contributed by atoms with Gasteiger partial charge in [-0.3, -0.25) is 4.98 Å². The van der Waals surface area contributed by atoms with Crippen molar-refractivity contribution in [2.24, 2.45) is 11.3 Å². The third-order valence-electron chi connectivity index (χ3n) is 6.74. The molecule has 0 amide bonds. The minimum atomic E-state index is -3.96. The Morgan fingerprint density at radius 1 is 1.18 bits per heavy atom. The Hall–Kier alpha value is -2.16. The fourth-order valence-corrected chi connectivity index (χ4v) is 5.88. The van der Waals surface area contributed by atoms with E-state index in [1.165, 1.54) is 32.2 Å². The van der Waals surface area contributed by atoms with Gasteiger partial charge in [-0.1, -0.05) is 26.3 Å². The van der Waals surface area contributed by atoms with Gasteiger partial charge in [0.25, 0.3) is 0 Å². The van der Waals surface area contributed by atoms with Crippen LogP contribution in [0.3, 0.4) is 0 Å². The fourth-order valence-electron chi connectivity index (χ4n) is 4.67. The number of halogens is 1. The standard InChI is InChI=1S/C25H34FN3O3S/c1-15-12-16(2)20(26)13-19(15)23(27)22(24(3,4)17-8-7-9-17)21-11-10-18(14-28-21)33(31,32)29-25(5,6)30/h10-14,17,22,27,29-30H,7-9H2,1-6H3. The Bertz CT molecular complexity index is 1150. The summed E-state index contributed by atoms with van der Waals surface area (Å²) in [5, 5.41) is 19.0. The summed E-state index contributed by atoms with van der Waals surface area (Å²) < 4.78 is 41.8. The summed E-state index contributed by atoms with van der Waals surface area (Å²) in [5.74, 6) is -0.407. The topological polar surface area (TPSA) is 103 Å². The number of aromatic nitrogens is 1. The van der Waals surface area contributed by atoms with E-state index in [1.54, 1.807) is 19.1 Å². The number of nitrogens with zero attached hydrogens (tertiary/aromatic N) is 1. The fraction of sp³-hybridized carbons (Fsp3) is 0.520. The Kier molecular flexibility index (Phi) is 6.86. The lowest BCUT2D eigenvalue weighted by Gasteiger charge is -2.45. The van der Waals surface area contributed by atoms with Crippen molar-refractivity contribution in [1.29, 1.82) is 5.41 Å². The molecule has 1 unspecified atom stereocenters. The number of rotatable bonds is 8. The Morgan fingerprint density at radius 2 is 1.82 bits per heavy atom. The number of aryl methyl sites for hydroxylation is 2. The van der Waals surface area contributed by atoms with Crippen molar-refractivity contribution in [3.8, 4) is 0 Å². The Balaban J connectivity index is 2.06. The molecule has 0 aliphatic heterocycles. The zero-order valence-corrected chi connectivity index (χ0v) is 21.0. The van der Waals surface area contributed by atoms with Crippen LogP contribution in [0, 0.1) is 36.4 Å². The number of nitrogens with one attached hydrogen (secondary N) is 2. The molecular formula is C25H34FN3O3S. The van der Waals surface area contributed by atoms with Gasteiger partial charge in [0, 0.05) is 23.4 Å². The van der Waals surface area contributed by atoms with E-state index in [2.05, 4.69) is 23.6 Å². The number of aliphatic hydroxyl groups is 1. The monoisotopic (exact) mass is 475 g/mol. The van der Waals surface area contributed by atoms with E-state index in [-0.39, 0.29) is 21.8 Å². The number of benzene rings is 1. The first-order valence-corrected chi connectivity index (χ1v) is 12.7. The van der Waals surface area contributed by atoms with E-state index in [0.29, 0.717) is 22.7 Å². The van der Waals surface area contributed by atoms with Gasteiger partial charge in [0.2, 0.25) is 10.0 Å². The molecule has 1 aromatic heterocycles. The van der Waals surface area contributed by atoms with Crippen molar-refractivity contribution >= 4 is 15.7 Å². The van der Waals surface area contributed by atoms with E-state index in [4.69, 9.17) is 5.41 Å². The number of hydrogen-bond acceptors (Lipinski definition) is 5. The van der Waals surface area contributed by atoms with Gasteiger partial charge in [0.05, 0.1) is 5.69 Å². The molecule has 1 aliphatic rings. The molecule has 6 nitrogen and oxygen atoms in total. The smallest absolute Gasteiger partial charge is 0.244 e. The van der Waals surface area contributed by atoms with Crippen LogP contribution >= 0.6 is 0 Å². The normalized spacial score (nSPS) is 16.4. The van der Waals surface area contributed by atoms with E-state index >= 15 is 0 Å². The van der Waals surface area contributed by atoms with Gasteiger partial charge >= 0.3 is 0 Å². The predicted octanol–water partition coefficient (Wildman–Crippen LogP) is 4.82. The van der Waals surface area contributed by atoms with Crippen molar-refractivity contribution in [3.05, 3.63) is 58.7 Å². The van der Waals surface area contributed by atoms with Gasteiger partial charge < -0.3 is 10.5 Å². The van der Waals surface area contributed by atoms with E-state index in [1.807, 2.05) is 6.92 Å². The molecule has 1 aliphatic carbocycles. The summed E-state index contributed by atoms with van der Waals surface area (Å²) in [6, 6.07) is 6.23. The second kappa shape index (κ2) is 8.89. The summed E-state index contributed by atoms with van der Waals surface area (Å²) in [6.45, 7) is 10.5. The van der Waals surface area contributed by atoms with Crippen molar-refractivity contribution < 1.29 is 17.9 Å². The summed E-state index contributed by atoms with van der Waals surface area (Å²) in [4.78, 5) is 4.39. The first-order valence-electron chi connectivity index (χ1n) is 11.2. The third kappa shape index (κ3) is 5.34. The van der Waals surface area contributed by atoms with Gasteiger partial charge in [-0.05, 0) is 81.2 Å². The quantitative estimate of drug-likeness (QED) is 0.376. The van der Waals surface area contributed by atoms with Crippen LogP contribution in [-0.2, 0) is 10.0 Å². The van der Waals surface area contributed by atoms with Gasteiger partial charge in [0.1, 0.15) is 16.4 Å². The van der Waals surface area contributed by atoms with E-state index in [9.17, 15) is 17.9 Å². The molecule has 8 heteroatoms. The first kappa shape index (κ1) is 25.5. The molecule has 0 saturated heterocycles. The lowest BCUT2D eigenvalue weighted by molar-refractivity contribution is 0.0689. The summed E-state index contributed by atoms with van der Waals surface area (Å²) in [6.07, 6.45) is 4.50. The van der Waals surface area contributed by atoms with Gasteiger partial charge in [0.15, 0.2) is 0 Å². The van der Waals surface area contributed by atoms with Crippen LogP contribution in [0.4, 0.5) is 4.39 Å². The zero-order chi connectivity index (χ0) is 24.8. The van der Waals surface area contributed by atoms with Crippen LogP contribution in [0.1, 0.15) is 75.3 Å². The molecule has 1 fully saturated rings. The Morgan fingerprint density at radius 3 is 2.30 bits per heavy atom. The SMILES string of the molecule is Cc1cc(C)c(C(=N)C(c2ccc(S(=O)(=O)NC(C)(C)O)cn2)C(C)(C)C2CCC2)cc1F. The van der Waals surface area contributed by atoms with Crippen LogP contribution < -0.4 is 4.72 Å². The summed E-state index contributed by atoms with van der Waals surface area (Å²) in [7, 11) is -3.96. The second-order valence-corrected chi connectivity index (χ2v) is 12.0. The second-order valence-electron chi connectivity index (χ2n) is 10.3. The molecule has 0 bridgehead atoms. The van der Waals surface area contributed by atoms with Gasteiger partial charge in [-0.15, -0.1) is 0 Å². The molecule has 1 aromatic carbocycles. The van der Waals surface area contributed by atoms with Gasteiger partial charge in [-0.25, -0.2) is 12.8 Å². The van der Waals surface area contributed by atoms with Crippen LogP contribution in [0.2, 0.25) is 0 Å². The number of hydrogen-bond donors (Lipinski definition) is 3. The highest BCUT2D eigenvalue weighted by molar-refractivity contribution is 7.89. The van der Waals surface area contributed by atoms with Crippen LogP contribution in [0.25, 0.3) is 0 Å². The average molecular weight is 476 g/mol. The highest BCUT2D eigenvalue weighted by Gasteiger charge is 2.44. The maximum Gasteiger partial charge on any atom is 0.244 e. The van der Waals surface area contributed by atoms with E-state index < -0.39 is 21.7 Å². The van der Waals surface area contributed by atoms with Crippen molar-refractivity contribution in [3.63, 3.8) is 0 Å². The van der Waals surface area contributed by atoms with Gasteiger partial charge in [-0.2, -0.15) is 4.72 Å². The minimum absolute atomic E-state index is 0.0716. The van der Waals surface area contributed by atoms with E-state index in [0.717, 1.165) is 24.8 Å². The van der Waals surface area contributed by atoms with Crippen LogP contribution in [0.5, 0.6) is 0 Å². The highest BCUT2D eigenvalue weighted by atomic mass is 32.2. The molecule has 1 heterocycles. The predicted molar refractivity (Wildman–Crippen MR) is 127 cm³/mol. The molecule has 0 spiro atoms. The third-order valence-corrected chi connectivity index (χ3v) is 8.37. The molecular weight excluding hydrogens is 441 g/mol. The lowest BCUT2D eigenvalue weighted by atomic mass is 9.59. The van der Waals surface area contributed by atoms with Crippen LogP contribution in [-0.4, -0.2) is 29.9 Å². The molecule has 33 heavy (non-hydrogen) atoms. The molecule has 3 N–H and O–H groups in total.